The van der Waals surface area contributed by atoms with E-state index in [1.807, 2.05) is 6.07 Å². The van der Waals surface area contributed by atoms with Crippen LogP contribution in [0.1, 0.15) is 38.3 Å². The molecule has 1 aliphatic rings. The molecule has 1 atom stereocenters. The van der Waals surface area contributed by atoms with E-state index in [2.05, 4.69) is 4.72 Å². The highest BCUT2D eigenvalue weighted by molar-refractivity contribution is 7.89. The van der Waals surface area contributed by atoms with Gasteiger partial charge in [0.15, 0.2) is 0 Å². The summed E-state index contributed by atoms with van der Waals surface area (Å²) in [5.41, 5.74) is 7.57. The van der Waals surface area contributed by atoms with Gasteiger partial charge in [0.2, 0.25) is 10.0 Å². The molecule has 3 N–H and O–H groups in total. The number of nitrogens with one attached hydrogen (secondary N) is 1. The molecule has 0 amide bonds. The molecule has 0 fully saturated rings. The van der Waals surface area contributed by atoms with Crippen molar-refractivity contribution in [3.63, 3.8) is 0 Å². The van der Waals surface area contributed by atoms with Crippen LogP contribution in [0.3, 0.4) is 0 Å². The largest absolute Gasteiger partial charge is 0.326 e. The molecule has 0 radical (unpaired) electrons. The molecule has 1 aromatic carbocycles. The lowest BCUT2D eigenvalue weighted by Crippen LogP contribution is -2.54. The Balaban J connectivity index is 2.30. The molecule has 0 heterocycles. The molecule has 1 unspecified atom stereocenters. The Bertz CT molecular complexity index is 577. The van der Waals surface area contributed by atoms with E-state index in [4.69, 9.17) is 5.73 Å². The summed E-state index contributed by atoms with van der Waals surface area (Å²) in [7, 11) is -3.51. The molecule has 0 bridgehead atoms. The van der Waals surface area contributed by atoms with Crippen LogP contribution in [0.5, 0.6) is 0 Å². The number of hydrogen-bond donors (Lipinski definition) is 2. The van der Waals surface area contributed by atoms with Crippen LogP contribution in [0.4, 0.5) is 0 Å². The number of hydrogen-bond acceptors (Lipinski definition) is 3. The summed E-state index contributed by atoms with van der Waals surface area (Å²) in [6.45, 7) is 5.39. The van der Waals surface area contributed by atoms with Crippen LogP contribution in [-0.4, -0.2) is 20.0 Å². The Kier molecular flexibility index (Phi) is 3.73. The minimum absolute atomic E-state index is 0.267. The van der Waals surface area contributed by atoms with Crippen molar-refractivity contribution in [2.75, 3.05) is 0 Å². The fourth-order valence-electron chi connectivity index (χ4n) is 2.21. The maximum absolute atomic E-state index is 12.4. The van der Waals surface area contributed by atoms with E-state index < -0.39 is 15.6 Å². The van der Waals surface area contributed by atoms with Crippen LogP contribution >= 0.6 is 0 Å². The second kappa shape index (κ2) is 4.89. The molecular weight excluding hydrogens is 260 g/mol. The van der Waals surface area contributed by atoms with Crippen molar-refractivity contribution in [2.45, 2.75) is 56.5 Å². The zero-order chi connectivity index (χ0) is 14.3. The normalized spacial score (nSPS) is 17.3. The lowest BCUT2D eigenvalue weighted by atomic mass is 9.99. The van der Waals surface area contributed by atoms with Crippen LogP contribution in [-0.2, 0) is 22.9 Å². The first-order valence-electron chi connectivity index (χ1n) is 6.64. The van der Waals surface area contributed by atoms with Gasteiger partial charge in [-0.25, -0.2) is 13.1 Å². The molecule has 19 heavy (non-hydrogen) atoms. The second-order valence-electron chi connectivity index (χ2n) is 5.90. The Morgan fingerprint density at radius 3 is 2.53 bits per heavy atom. The topological polar surface area (TPSA) is 72.2 Å². The van der Waals surface area contributed by atoms with E-state index in [-0.39, 0.29) is 6.04 Å². The molecule has 0 aromatic heterocycles. The lowest BCUT2D eigenvalue weighted by Gasteiger charge is -2.29. The average molecular weight is 282 g/mol. The van der Waals surface area contributed by atoms with Gasteiger partial charge < -0.3 is 5.73 Å². The summed E-state index contributed by atoms with van der Waals surface area (Å²) in [5.74, 6) is 0. The van der Waals surface area contributed by atoms with Crippen molar-refractivity contribution in [3.05, 3.63) is 29.3 Å². The number of sulfonamides is 1. The molecule has 0 spiro atoms. The van der Waals surface area contributed by atoms with Crippen molar-refractivity contribution < 1.29 is 8.42 Å². The Morgan fingerprint density at radius 1 is 1.26 bits per heavy atom. The molecule has 4 nitrogen and oxygen atoms in total. The van der Waals surface area contributed by atoms with Crippen LogP contribution in [0.15, 0.2) is 23.1 Å². The highest BCUT2D eigenvalue weighted by Crippen LogP contribution is 2.25. The van der Waals surface area contributed by atoms with E-state index >= 15 is 0 Å². The molecule has 2 rings (SSSR count). The fraction of sp³-hybridized carbons (Fsp3) is 0.571. The van der Waals surface area contributed by atoms with Crippen molar-refractivity contribution in [3.8, 4) is 0 Å². The molecule has 1 aliphatic carbocycles. The average Bonchev–Trinajstić information content (AvgIpc) is 2.73. The summed E-state index contributed by atoms with van der Waals surface area (Å²) in [4.78, 5) is 0.335. The molecule has 0 aliphatic heterocycles. The Morgan fingerprint density at radius 2 is 1.89 bits per heavy atom. The third-order valence-corrected chi connectivity index (χ3v) is 5.59. The second-order valence-corrected chi connectivity index (χ2v) is 7.58. The summed E-state index contributed by atoms with van der Waals surface area (Å²) >= 11 is 0. The summed E-state index contributed by atoms with van der Waals surface area (Å²) in [6, 6.07) is 5.14. The van der Waals surface area contributed by atoms with Gasteiger partial charge in [0, 0.05) is 11.6 Å². The van der Waals surface area contributed by atoms with E-state index in [1.54, 1.807) is 32.9 Å². The van der Waals surface area contributed by atoms with Gasteiger partial charge in [-0.3, -0.25) is 0 Å². The third kappa shape index (κ3) is 2.99. The summed E-state index contributed by atoms with van der Waals surface area (Å²) in [5, 5.41) is 0. The predicted molar refractivity (Wildman–Crippen MR) is 76.5 cm³/mol. The quantitative estimate of drug-likeness (QED) is 0.880. The molecule has 1 aromatic rings. The number of fused-ring (bicyclic) bond motifs is 1. The maximum atomic E-state index is 12.4. The van der Waals surface area contributed by atoms with Crippen molar-refractivity contribution >= 4 is 10.0 Å². The van der Waals surface area contributed by atoms with E-state index in [9.17, 15) is 8.42 Å². The van der Waals surface area contributed by atoms with Gasteiger partial charge in [0.25, 0.3) is 0 Å². The van der Waals surface area contributed by atoms with Crippen molar-refractivity contribution in [1.29, 1.82) is 0 Å². The smallest absolute Gasteiger partial charge is 0.241 e. The van der Waals surface area contributed by atoms with Crippen LogP contribution in [0.2, 0.25) is 0 Å². The van der Waals surface area contributed by atoms with E-state index in [1.165, 1.54) is 5.56 Å². The van der Waals surface area contributed by atoms with Crippen molar-refractivity contribution in [2.24, 2.45) is 5.73 Å². The fourth-order valence-corrected chi connectivity index (χ4v) is 3.75. The first-order chi connectivity index (χ1) is 8.72. The standard InChI is InChI=1S/C14H22N2O2S/c1-10(15)14(2,3)16-19(17,18)13-8-7-11-5-4-6-12(11)9-13/h7-10,16H,4-6,15H2,1-3H3. The number of nitrogens with two attached hydrogens (primary N) is 1. The monoisotopic (exact) mass is 282 g/mol. The molecule has 0 saturated heterocycles. The van der Waals surface area contributed by atoms with Gasteiger partial charge >= 0.3 is 0 Å². The minimum atomic E-state index is -3.51. The third-order valence-electron chi connectivity index (χ3n) is 3.92. The Hall–Kier alpha value is -0.910. The van der Waals surface area contributed by atoms with E-state index in [0.29, 0.717) is 4.90 Å². The van der Waals surface area contributed by atoms with Crippen LogP contribution in [0.25, 0.3) is 0 Å². The Labute approximate surface area is 115 Å². The van der Waals surface area contributed by atoms with Crippen LogP contribution in [0, 0.1) is 0 Å². The lowest BCUT2D eigenvalue weighted by molar-refractivity contribution is 0.387. The van der Waals surface area contributed by atoms with Crippen LogP contribution < -0.4 is 10.5 Å². The van der Waals surface area contributed by atoms with Gasteiger partial charge in [0.05, 0.1) is 4.90 Å². The maximum Gasteiger partial charge on any atom is 0.241 e. The van der Waals surface area contributed by atoms with Gasteiger partial charge in [-0.1, -0.05) is 6.07 Å². The zero-order valence-corrected chi connectivity index (χ0v) is 12.5. The predicted octanol–water partition coefficient (Wildman–Crippen LogP) is 1.58. The van der Waals surface area contributed by atoms with Gasteiger partial charge in [-0.15, -0.1) is 0 Å². The zero-order valence-electron chi connectivity index (χ0n) is 11.7. The first kappa shape index (κ1) is 14.5. The molecular formula is C14H22N2O2S. The van der Waals surface area contributed by atoms with Gasteiger partial charge in [-0.05, 0) is 63.3 Å². The summed E-state index contributed by atoms with van der Waals surface area (Å²) in [6.07, 6.45) is 3.13. The molecule has 0 saturated carbocycles. The number of rotatable bonds is 4. The minimum Gasteiger partial charge on any atom is -0.326 e. The summed E-state index contributed by atoms with van der Waals surface area (Å²) < 4.78 is 27.5. The highest BCUT2D eigenvalue weighted by atomic mass is 32.2. The van der Waals surface area contributed by atoms with Crippen molar-refractivity contribution in [1.82, 2.24) is 4.72 Å². The molecule has 106 valence electrons. The van der Waals surface area contributed by atoms with Gasteiger partial charge in [0.1, 0.15) is 0 Å². The SMILES string of the molecule is CC(N)C(C)(C)NS(=O)(=O)c1ccc2c(c1)CCC2. The first-order valence-corrected chi connectivity index (χ1v) is 8.12. The highest BCUT2D eigenvalue weighted by Gasteiger charge is 2.30. The molecule has 5 heteroatoms. The number of aryl methyl sites for hydroxylation is 2. The number of benzene rings is 1. The van der Waals surface area contributed by atoms with E-state index in [0.717, 1.165) is 24.8 Å². The van der Waals surface area contributed by atoms with Gasteiger partial charge in [-0.2, -0.15) is 0 Å².